The molecule has 1 amide bonds. The molecule has 0 aliphatic carbocycles. The Kier molecular flexibility index (Phi) is 1.72. The van der Waals surface area contributed by atoms with Gasteiger partial charge >= 0.3 is 6.09 Å². The molecule has 12 heavy (non-hydrogen) atoms. The number of amides is 1. The standard InChI is InChI=1S/C8H14N2O2/c1-9-6-2-3-7(9)5-10(4-6)8(11)12/h6-7H,2-5H2,1H3,(H,11,12). The zero-order chi connectivity index (χ0) is 8.72. The zero-order valence-corrected chi connectivity index (χ0v) is 7.23. The summed E-state index contributed by atoms with van der Waals surface area (Å²) in [6, 6.07) is 0.944. The molecule has 0 aromatic heterocycles. The highest BCUT2D eigenvalue weighted by Crippen LogP contribution is 2.27. The maximum Gasteiger partial charge on any atom is 0.407 e. The van der Waals surface area contributed by atoms with E-state index in [1.54, 1.807) is 4.90 Å². The van der Waals surface area contributed by atoms with Gasteiger partial charge in [0.15, 0.2) is 0 Å². The van der Waals surface area contributed by atoms with Crippen LogP contribution < -0.4 is 0 Å². The van der Waals surface area contributed by atoms with E-state index in [2.05, 4.69) is 11.9 Å². The third-order valence-corrected chi connectivity index (χ3v) is 3.12. The number of carbonyl (C=O) groups is 1. The van der Waals surface area contributed by atoms with Gasteiger partial charge in [-0.15, -0.1) is 0 Å². The van der Waals surface area contributed by atoms with Crippen LogP contribution in [0.5, 0.6) is 0 Å². The smallest absolute Gasteiger partial charge is 0.407 e. The Hall–Kier alpha value is -0.770. The van der Waals surface area contributed by atoms with E-state index in [-0.39, 0.29) is 0 Å². The van der Waals surface area contributed by atoms with Crippen LogP contribution in [0.3, 0.4) is 0 Å². The molecule has 0 aromatic carbocycles. The van der Waals surface area contributed by atoms with Gasteiger partial charge in [0.05, 0.1) is 0 Å². The van der Waals surface area contributed by atoms with E-state index in [0.29, 0.717) is 25.2 Å². The number of likely N-dealkylation sites (tertiary alicyclic amines) is 1. The molecule has 2 aliphatic heterocycles. The number of likely N-dealkylation sites (N-methyl/N-ethyl adjacent to an activating group) is 1. The highest BCUT2D eigenvalue weighted by Gasteiger charge is 2.38. The average Bonchev–Trinajstić information content (AvgIpc) is 2.30. The second-order valence-corrected chi connectivity index (χ2v) is 3.74. The summed E-state index contributed by atoms with van der Waals surface area (Å²) in [6.45, 7) is 1.39. The first-order valence-electron chi connectivity index (χ1n) is 4.38. The summed E-state index contributed by atoms with van der Waals surface area (Å²) in [5.41, 5.74) is 0. The molecule has 68 valence electrons. The van der Waals surface area contributed by atoms with Crippen LogP contribution in [0, 0.1) is 0 Å². The maximum absolute atomic E-state index is 10.7. The Labute approximate surface area is 71.8 Å². The number of hydrogen-bond donors (Lipinski definition) is 1. The Morgan fingerprint density at radius 1 is 1.33 bits per heavy atom. The van der Waals surface area contributed by atoms with Crippen molar-refractivity contribution in [1.29, 1.82) is 0 Å². The lowest BCUT2D eigenvalue weighted by molar-refractivity contribution is 0.0785. The van der Waals surface area contributed by atoms with Crippen molar-refractivity contribution in [2.45, 2.75) is 24.9 Å². The van der Waals surface area contributed by atoms with Crippen molar-refractivity contribution in [2.24, 2.45) is 0 Å². The van der Waals surface area contributed by atoms with E-state index in [1.807, 2.05) is 0 Å². The number of nitrogens with zero attached hydrogens (tertiary/aromatic N) is 2. The summed E-state index contributed by atoms with van der Waals surface area (Å²) >= 11 is 0. The van der Waals surface area contributed by atoms with E-state index >= 15 is 0 Å². The Morgan fingerprint density at radius 3 is 2.25 bits per heavy atom. The minimum atomic E-state index is -0.764. The number of carboxylic acid groups (broad SMARTS) is 1. The van der Waals surface area contributed by atoms with Crippen LogP contribution in [0.25, 0.3) is 0 Å². The normalized spacial score (nSPS) is 35.6. The molecule has 0 radical (unpaired) electrons. The molecule has 2 saturated heterocycles. The van der Waals surface area contributed by atoms with Crippen LogP contribution in [0.4, 0.5) is 4.79 Å². The Morgan fingerprint density at radius 2 is 1.83 bits per heavy atom. The molecule has 2 atom stereocenters. The van der Waals surface area contributed by atoms with Crippen molar-refractivity contribution in [3.8, 4) is 0 Å². The zero-order valence-electron chi connectivity index (χ0n) is 7.23. The van der Waals surface area contributed by atoms with Gasteiger partial charge in [-0.3, -0.25) is 4.90 Å². The van der Waals surface area contributed by atoms with Crippen molar-refractivity contribution in [3.63, 3.8) is 0 Å². The fourth-order valence-corrected chi connectivity index (χ4v) is 2.27. The lowest BCUT2D eigenvalue weighted by atomic mass is 10.2. The maximum atomic E-state index is 10.7. The van der Waals surface area contributed by atoms with Crippen molar-refractivity contribution in [1.82, 2.24) is 9.80 Å². The van der Waals surface area contributed by atoms with Crippen molar-refractivity contribution >= 4 is 6.09 Å². The molecular weight excluding hydrogens is 156 g/mol. The van der Waals surface area contributed by atoms with E-state index < -0.39 is 6.09 Å². The van der Waals surface area contributed by atoms with Gasteiger partial charge in [0.2, 0.25) is 0 Å². The van der Waals surface area contributed by atoms with Crippen LogP contribution in [-0.2, 0) is 0 Å². The molecule has 1 N–H and O–H groups in total. The third kappa shape index (κ3) is 1.06. The number of piperazine rings is 1. The molecule has 2 bridgehead atoms. The fraction of sp³-hybridized carbons (Fsp3) is 0.875. The molecule has 0 spiro atoms. The predicted octanol–water partition coefficient (Wildman–Crippen LogP) is 0.443. The topological polar surface area (TPSA) is 43.8 Å². The van der Waals surface area contributed by atoms with Crippen LogP contribution in [-0.4, -0.2) is 53.2 Å². The molecule has 2 unspecified atom stereocenters. The molecule has 4 nitrogen and oxygen atoms in total. The van der Waals surface area contributed by atoms with Crippen LogP contribution in [0.15, 0.2) is 0 Å². The summed E-state index contributed by atoms with van der Waals surface area (Å²) in [7, 11) is 2.10. The first-order chi connectivity index (χ1) is 5.68. The quantitative estimate of drug-likeness (QED) is 0.573. The largest absolute Gasteiger partial charge is 0.465 e. The van der Waals surface area contributed by atoms with Crippen molar-refractivity contribution in [2.75, 3.05) is 20.1 Å². The number of fused-ring (bicyclic) bond motifs is 2. The van der Waals surface area contributed by atoms with Crippen LogP contribution in [0.2, 0.25) is 0 Å². The molecule has 0 saturated carbocycles. The molecule has 4 heteroatoms. The fourth-order valence-electron chi connectivity index (χ4n) is 2.27. The minimum Gasteiger partial charge on any atom is -0.465 e. The van der Waals surface area contributed by atoms with Gasteiger partial charge in [-0.1, -0.05) is 0 Å². The van der Waals surface area contributed by atoms with Crippen LogP contribution in [0.1, 0.15) is 12.8 Å². The summed E-state index contributed by atoms with van der Waals surface area (Å²) in [4.78, 5) is 14.6. The van der Waals surface area contributed by atoms with E-state index in [4.69, 9.17) is 5.11 Å². The summed E-state index contributed by atoms with van der Waals surface area (Å²) in [5.74, 6) is 0. The second kappa shape index (κ2) is 2.62. The van der Waals surface area contributed by atoms with Gasteiger partial charge in [0.1, 0.15) is 0 Å². The highest BCUT2D eigenvalue weighted by atomic mass is 16.4. The first-order valence-corrected chi connectivity index (χ1v) is 4.38. The van der Waals surface area contributed by atoms with Gasteiger partial charge in [-0.25, -0.2) is 4.79 Å². The average molecular weight is 170 g/mol. The molecule has 2 aliphatic rings. The Balaban J connectivity index is 2.07. The summed E-state index contributed by atoms with van der Waals surface area (Å²) < 4.78 is 0. The van der Waals surface area contributed by atoms with Gasteiger partial charge in [0, 0.05) is 25.2 Å². The van der Waals surface area contributed by atoms with E-state index in [1.165, 1.54) is 0 Å². The van der Waals surface area contributed by atoms with Crippen molar-refractivity contribution < 1.29 is 9.90 Å². The lowest BCUT2D eigenvalue weighted by Gasteiger charge is -2.37. The van der Waals surface area contributed by atoms with Gasteiger partial charge in [-0.05, 0) is 19.9 Å². The number of rotatable bonds is 0. The molecular formula is C8H14N2O2. The second-order valence-electron chi connectivity index (χ2n) is 3.74. The Bertz CT molecular complexity index is 193. The van der Waals surface area contributed by atoms with E-state index in [9.17, 15) is 4.79 Å². The molecule has 2 fully saturated rings. The van der Waals surface area contributed by atoms with Gasteiger partial charge in [-0.2, -0.15) is 0 Å². The third-order valence-electron chi connectivity index (χ3n) is 3.12. The van der Waals surface area contributed by atoms with Crippen LogP contribution >= 0.6 is 0 Å². The summed E-state index contributed by atoms with van der Waals surface area (Å²) in [6.07, 6.45) is 1.55. The number of hydrogen-bond acceptors (Lipinski definition) is 2. The molecule has 0 aromatic rings. The summed E-state index contributed by atoms with van der Waals surface area (Å²) in [5, 5.41) is 8.80. The minimum absolute atomic E-state index is 0.472. The SMILES string of the molecule is CN1C2CCC1CN(C(=O)O)C2. The molecule has 2 rings (SSSR count). The van der Waals surface area contributed by atoms with Gasteiger partial charge in [0.25, 0.3) is 0 Å². The lowest BCUT2D eigenvalue weighted by Crippen LogP contribution is -2.53. The van der Waals surface area contributed by atoms with Crippen molar-refractivity contribution in [3.05, 3.63) is 0 Å². The molecule has 2 heterocycles. The monoisotopic (exact) mass is 170 g/mol. The predicted molar refractivity (Wildman–Crippen MR) is 44.2 cm³/mol. The van der Waals surface area contributed by atoms with Gasteiger partial charge < -0.3 is 10.0 Å². The van der Waals surface area contributed by atoms with E-state index in [0.717, 1.165) is 12.8 Å². The highest BCUT2D eigenvalue weighted by molar-refractivity contribution is 5.65. The first kappa shape index (κ1) is 7.86.